The lowest BCUT2D eigenvalue weighted by atomic mass is 9.60. The first-order chi connectivity index (χ1) is 18.9. The van der Waals surface area contributed by atoms with Gasteiger partial charge in [-0.1, -0.05) is 49.8 Å². The van der Waals surface area contributed by atoms with Gasteiger partial charge in [0.05, 0.1) is 6.61 Å². The zero-order valence-corrected chi connectivity index (χ0v) is 24.6. The van der Waals surface area contributed by atoms with E-state index in [1.807, 2.05) is 0 Å². The molecule has 3 aliphatic rings. The number of hydrogen-bond donors (Lipinski definition) is 0. The molecule has 0 heterocycles. The lowest BCUT2D eigenvalue weighted by molar-refractivity contribution is 0.0748. The van der Waals surface area contributed by atoms with Gasteiger partial charge in [-0.2, -0.15) is 4.39 Å². The van der Waals surface area contributed by atoms with E-state index in [0.29, 0.717) is 6.61 Å². The molecule has 3 heteroatoms. The zero-order valence-electron chi connectivity index (χ0n) is 24.6. The largest absolute Gasteiger partial charge is 0.491 e. The van der Waals surface area contributed by atoms with Crippen LogP contribution in [0.3, 0.4) is 0 Å². The normalized spacial score (nSPS) is 28.5. The second kappa shape index (κ2) is 14.5. The highest BCUT2D eigenvalue weighted by Gasteiger charge is 2.38. The van der Waals surface area contributed by atoms with E-state index in [-0.39, 0.29) is 11.3 Å². The summed E-state index contributed by atoms with van der Waals surface area (Å²) in [5.41, 5.74) is 3.43. The lowest BCUT2D eigenvalue weighted by Crippen LogP contribution is -2.34. The molecule has 39 heavy (non-hydrogen) atoms. The fourth-order valence-electron chi connectivity index (χ4n) is 7.65. The average molecular weight is 537 g/mol. The highest BCUT2D eigenvalue weighted by atomic mass is 19.2. The Hall–Kier alpha value is -2.16. The Labute approximate surface area is 236 Å². The van der Waals surface area contributed by atoms with Gasteiger partial charge in [0.1, 0.15) is 0 Å². The molecule has 0 N–H and O–H groups in total. The van der Waals surface area contributed by atoms with E-state index in [1.165, 1.54) is 95.2 Å². The fourth-order valence-corrected chi connectivity index (χ4v) is 7.65. The minimum atomic E-state index is -0.906. The summed E-state index contributed by atoms with van der Waals surface area (Å²) in [5.74, 6) is 4.01. The Kier molecular flexibility index (Phi) is 11.1. The molecule has 2 aromatic carbocycles. The van der Waals surface area contributed by atoms with Crippen molar-refractivity contribution < 1.29 is 13.5 Å². The Bertz CT molecular complexity index is 1040. The van der Waals surface area contributed by atoms with Crippen LogP contribution >= 0.6 is 0 Å². The average Bonchev–Trinajstić information content (AvgIpc) is 2.98. The molecule has 1 nitrogen and oxygen atoms in total. The molecule has 4 atom stereocenters. The van der Waals surface area contributed by atoms with E-state index < -0.39 is 11.6 Å². The van der Waals surface area contributed by atoms with E-state index in [4.69, 9.17) is 4.74 Å². The van der Waals surface area contributed by atoms with Gasteiger partial charge in [0.15, 0.2) is 11.6 Å². The number of rotatable bonds is 7. The van der Waals surface area contributed by atoms with Gasteiger partial charge >= 0.3 is 0 Å². The maximum Gasteiger partial charge on any atom is 0.200 e. The molecule has 0 amide bonds. The Morgan fingerprint density at radius 3 is 2.03 bits per heavy atom. The van der Waals surface area contributed by atoms with Crippen molar-refractivity contribution in [3.63, 3.8) is 0 Å². The fraction of sp³-hybridized carbons (Fsp3) is 0.611. The molecule has 0 spiro atoms. The van der Waals surface area contributed by atoms with E-state index in [0.717, 1.165) is 35.5 Å². The first kappa shape index (κ1) is 29.8. The van der Waals surface area contributed by atoms with Crippen LogP contribution in [0, 0.1) is 48.1 Å². The summed E-state index contributed by atoms with van der Waals surface area (Å²) >= 11 is 0. The van der Waals surface area contributed by atoms with Gasteiger partial charge in [0, 0.05) is 0 Å². The second-order valence-corrected chi connectivity index (χ2v) is 12.4. The number of halogens is 2. The third kappa shape index (κ3) is 7.74. The van der Waals surface area contributed by atoms with Crippen LogP contribution in [-0.2, 0) is 6.42 Å². The van der Waals surface area contributed by atoms with E-state index >= 15 is 0 Å². The molecule has 3 fully saturated rings. The monoisotopic (exact) mass is 536 g/mol. The molecular weight excluding hydrogens is 486 g/mol. The van der Waals surface area contributed by atoms with Gasteiger partial charge in [0.25, 0.3) is 0 Å². The molecule has 3 aliphatic carbocycles. The predicted octanol–water partition coefficient (Wildman–Crippen LogP) is 10.6. The van der Waals surface area contributed by atoms with Crippen molar-refractivity contribution in [2.45, 2.75) is 104 Å². The summed E-state index contributed by atoms with van der Waals surface area (Å²) in [6.45, 7) is 9.86. The molecule has 0 aromatic heterocycles. The molecule has 3 saturated carbocycles. The minimum absolute atomic E-state index is 0.0272. The third-order valence-electron chi connectivity index (χ3n) is 10.00. The standard InChI is InChI=1S/C27H40.C9H10F2O/c1-3-5-21-8-12-23(13-9-21)25-15-17-26-18-24(14-16-27(26)19-25)22-10-6-20(4-2)7-11-22;1-3-12-7-5-4-6(2)8(10)9(7)11/h4,8-9,12-13,20,22,24-27H,2-3,5-7,10-11,14-19H2,1H3;4-5H,3H2,1-2H3. The molecule has 214 valence electrons. The maximum absolute atomic E-state index is 12.9. The molecule has 4 unspecified atom stereocenters. The van der Waals surface area contributed by atoms with Crippen LogP contribution in [0.15, 0.2) is 49.1 Å². The van der Waals surface area contributed by atoms with Crippen LogP contribution in [0.2, 0.25) is 0 Å². The smallest absolute Gasteiger partial charge is 0.200 e. The number of fused-ring (bicyclic) bond motifs is 1. The maximum atomic E-state index is 12.9. The summed E-state index contributed by atoms with van der Waals surface area (Å²) < 4.78 is 30.7. The van der Waals surface area contributed by atoms with Gasteiger partial charge in [0.2, 0.25) is 5.82 Å². The first-order valence-corrected chi connectivity index (χ1v) is 15.7. The minimum Gasteiger partial charge on any atom is -0.491 e. The van der Waals surface area contributed by atoms with Crippen LogP contribution in [0.4, 0.5) is 8.78 Å². The van der Waals surface area contributed by atoms with Crippen LogP contribution < -0.4 is 4.74 Å². The second-order valence-electron chi connectivity index (χ2n) is 12.4. The summed E-state index contributed by atoms with van der Waals surface area (Å²) in [7, 11) is 0. The first-order valence-electron chi connectivity index (χ1n) is 15.7. The van der Waals surface area contributed by atoms with Crippen molar-refractivity contribution >= 4 is 0 Å². The lowest BCUT2D eigenvalue weighted by Gasteiger charge is -2.45. The SMILES string of the molecule is C=CC1CCC(C2CCC3CC(c4ccc(CCC)cc4)CCC3C2)CC1.CCOc1ccc(C)c(F)c1F. The van der Waals surface area contributed by atoms with Crippen molar-refractivity contribution in [3.05, 3.63) is 77.4 Å². The van der Waals surface area contributed by atoms with Gasteiger partial charge < -0.3 is 4.74 Å². The third-order valence-corrected chi connectivity index (χ3v) is 10.00. The van der Waals surface area contributed by atoms with Crippen molar-refractivity contribution in [2.75, 3.05) is 6.61 Å². The number of ether oxygens (including phenoxy) is 1. The molecule has 0 radical (unpaired) electrons. The molecule has 0 bridgehead atoms. The van der Waals surface area contributed by atoms with Crippen LogP contribution in [0.5, 0.6) is 5.75 Å². The summed E-state index contributed by atoms with van der Waals surface area (Å²) in [6.07, 6.45) is 19.4. The Morgan fingerprint density at radius 2 is 1.38 bits per heavy atom. The topological polar surface area (TPSA) is 9.23 Å². The summed E-state index contributed by atoms with van der Waals surface area (Å²) in [6, 6.07) is 12.6. The molecular formula is C36H50F2O. The van der Waals surface area contributed by atoms with E-state index in [2.05, 4.69) is 43.8 Å². The Morgan fingerprint density at radius 1 is 0.769 bits per heavy atom. The zero-order chi connectivity index (χ0) is 27.8. The van der Waals surface area contributed by atoms with Crippen molar-refractivity contribution in [3.8, 4) is 5.75 Å². The highest BCUT2D eigenvalue weighted by Crippen LogP contribution is 2.50. The van der Waals surface area contributed by atoms with Gasteiger partial charge in [-0.15, -0.1) is 6.58 Å². The number of aryl methyl sites for hydroxylation is 2. The number of benzene rings is 2. The number of hydrogen-bond acceptors (Lipinski definition) is 1. The highest BCUT2D eigenvalue weighted by molar-refractivity contribution is 5.30. The van der Waals surface area contributed by atoms with Crippen molar-refractivity contribution in [1.82, 2.24) is 0 Å². The van der Waals surface area contributed by atoms with Crippen molar-refractivity contribution in [1.29, 1.82) is 0 Å². The molecule has 2 aromatic rings. The van der Waals surface area contributed by atoms with Gasteiger partial charge in [-0.3, -0.25) is 0 Å². The van der Waals surface area contributed by atoms with E-state index in [1.54, 1.807) is 18.9 Å². The number of allylic oxidation sites excluding steroid dienone is 1. The quantitative estimate of drug-likeness (QED) is 0.320. The van der Waals surface area contributed by atoms with Gasteiger partial charge in [-0.25, -0.2) is 4.39 Å². The van der Waals surface area contributed by atoms with Crippen LogP contribution in [0.25, 0.3) is 0 Å². The summed E-state index contributed by atoms with van der Waals surface area (Å²) in [5, 5.41) is 0. The summed E-state index contributed by atoms with van der Waals surface area (Å²) in [4.78, 5) is 0. The molecule has 0 aliphatic heterocycles. The molecule has 5 rings (SSSR count). The van der Waals surface area contributed by atoms with Gasteiger partial charge in [-0.05, 0) is 143 Å². The van der Waals surface area contributed by atoms with Crippen LogP contribution in [0.1, 0.15) is 107 Å². The van der Waals surface area contributed by atoms with E-state index in [9.17, 15) is 8.78 Å². The predicted molar refractivity (Wildman–Crippen MR) is 159 cm³/mol. The van der Waals surface area contributed by atoms with Crippen molar-refractivity contribution in [2.24, 2.45) is 29.6 Å². The van der Waals surface area contributed by atoms with Crippen LogP contribution in [-0.4, -0.2) is 6.61 Å². The molecule has 0 saturated heterocycles. The Balaban J connectivity index is 0.000000247.